The number of hydrogen-bond donors (Lipinski definition) is 2. The van der Waals surface area contributed by atoms with Crippen LogP contribution in [0.1, 0.15) is 30.9 Å². The molecule has 4 rings (SSSR count). The predicted molar refractivity (Wildman–Crippen MR) is 117 cm³/mol. The number of allylic oxidation sites excluding steroid dienone is 1. The average molecular weight is 417 g/mol. The molecule has 0 amide bonds. The van der Waals surface area contributed by atoms with Gasteiger partial charge in [0.1, 0.15) is 5.65 Å². The van der Waals surface area contributed by atoms with Gasteiger partial charge in [0.25, 0.3) is 0 Å². The van der Waals surface area contributed by atoms with Crippen LogP contribution in [-0.2, 0) is 19.1 Å². The molecular weight excluding hydrogens is 394 g/mol. The van der Waals surface area contributed by atoms with Gasteiger partial charge >= 0.3 is 5.97 Å². The van der Waals surface area contributed by atoms with Crippen LogP contribution >= 0.6 is 0 Å². The van der Waals surface area contributed by atoms with Crippen LogP contribution in [0.2, 0.25) is 0 Å². The van der Waals surface area contributed by atoms with Crippen molar-refractivity contribution >= 4 is 28.9 Å². The number of H-pyrrole nitrogens is 1. The molecular formula is C24H23N3O4. The molecule has 1 atom stereocenters. The van der Waals surface area contributed by atoms with Crippen molar-refractivity contribution in [3.63, 3.8) is 0 Å². The fraction of sp³-hybridized carbons (Fsp3) is 0.208. The van der Waals surface area contributed by atoms with Crippen molar-refractivity contribution in [3.8, 4) is 0 Å². The summed E-state index contributed by atoms with van der Waals surface area (Å²) in [6.07, 6.45) is 5.04. The Morgan fingerprint density at radius 3 is 2.84 bits per heavy atom. The highest BCUT2D eigenvalue weighted by Gasteiger charge is 2.37. The number of esters is 1. The van der Waals surface area contributed by atoms with E-state index in [2.05, 4.69) is 22.2 Å². The minimum absolute atomic E-state index is 0.0580. The van der Waals surface area contributed by atoms with Gasteiger partial charge in [0, 0.05) is 29.9 Å². The van der Waals surface area contributed by atoms with Crippen molar-refractivity contribution in [2.45, 2.75) is 19.8 Å². The van der Waals surface area contributed by atoms with E-state index >= 15 is 0 Å². The number of pyridine rings is 1. The maximum Gasteiger partial charge on any atom is 0.347 e. The Morgan fingerprint density at radius 2 is 2.06 bits per heavy atom. The number of rotatable bonds is 7. The molecule has 3 heterocycles. The number of carbonyl (C=O) groups is 2. The smallest absolute Gasteiger partial charge is 0.347 e. The Balaban J connectivity index is 1.59. The lowest BCUT2D eigenvalue weighted by Gasteiger charge is -2.14. The van der Waals surface area contributed by atoms with Gasteiger partial charge in [0.15, 0.2) is 11.3 Å². The number of benzene rings is 1. The summed E-state index contributed by atoms with van der Waals surface area (Å²) in [6, 6.07) is 13.7. The molecule has 158 valence electrons. The van der Waals surface area contributed by atoms with Crippen molar-refractivity contribution in [1.82, 2.24) is 15.3 Å². The molecule has 0 saturated carbocycles. The van der Waals surface area contributed by atoms with E-state index in [9.17, 15) is 9.59 Å². The SMILES string of the molecule is CCOC(=O)C1=C(NCC(C)c2ccccc2)OC(=Cc2c[nH]c3ncccc23)C1=O. The van der Waals surface area contributed by atoms with Gasteiger partial charge in [-0.2, -0.15) is 0 Å². The van der Waals surface area contributed by atoms with Crippen molar-refractivity contribution in [3.05, 3.63) is 83.2 Å². The molecule has 7 heteroatoms. The van der Waals surface area contributed by atoms with Crippen molar-refractivity contribution in [1.29, 1.82) is 0 Å². The number of ether oxygens (including phenoxy) is 2. The lowest BCUT2D eigenvalue weighted by molar-refractivity contribution is -0.139. The maximum atomic E-state index is 13.0. The van der Waals surface area contributed by atoms with Gasteiger partial charge < -0.3 is 19.8 Å². The van der Waals surface area contributed by atoms with Crippen LogP contribution in [0.4, 0.5) is 0 Å². The van der Waals surface area contributed by atoms with Crippen LogP contribution < -0.4 is 5.32 Å². The van der Waals surface area contributed by atoms with Gasteiger partial charge in [0.05, 0.1) is 6.61 Å². The largest absolute Gasteiger partial charge is 0.462 e. The first-order valence-corrected chi connectivity index (χ1v) is 10.1. The van der Waals surface area contributed by atoms with Crippen molar-refractivity contribution in [2.75, 3.05) is 13.2 Å². The third kappa shape index (κ3) is 4.21. The molecule has 1 aliphatic rings. The number of aromatic nitrogens is 2. The molecule has 1 aromatic carbocycles. The molecule has 0 fully saturated rings. The first-order valence-electron chi connectivity index (χ1n) is 10.1. The lowest BCUT2D eigenvalue weighted by Crippen LogP contribution is -2.23. The number of ketones is 1. The van der Waals surface area contributed by atoms with Crippen molar-refractivity contribution in [2.24, 2.45) is 0 Å². The van der Waals surface area contributed by atoms with E-state index in [4.69, 9.17) is 9.47 Å². The fourth-order valence-corrected chi connectivity index (χ4v) is 3.42. The van der Waals surface area contributed by atoms with Crippen LogP contribution in [-0.4, -0.2) is 34.9 Å². The number of hydrogen-bond acceptors (Lipinski definition) is 6. The quantitative estimate of drug-likeness (QED) is 0.346. The topological polar surface area (TPSA) is 93.3 Å². The number of nitrogens with one attached hydrogen (secondary N) is 2. The van der Waals surface area contributed by atoms with Crippen LogP contribution in [0, 0.1) is 0 Å². The monoisotopic (exact) mass is 417 g/mol. The number of Topliss-reactive ketones (excluding diaryl/α,β-unsaturated/α-hetero) is 1. The maximum absolute atomic E-state index is 13.0. The summed E-state index contributed by atoms with van der Waals surface area (Å²) < 4.78 is 10.9. The van der Waals surface area contributed by atoms with Gasteiger partial charge in [-0.05, 0) is 36.6 Å². The standard InChI is InChI=1S/C24H23N3O4/c1-3-30-24(29)20-21(28)19(12-17-14-26-22-18(17)10-7-11-25-22)31-23(20)27-13-15(2)16-8-5-4-6-9-16/h4-12,14-15,27H,3,13H2,1-2H3,(H,25,26). The molecule has 2 aromatic heterocycles. The highest BCUT2D eigenvalue weighted by Crippen LogP contribution is 2.28. The number of carbonyl (C=O) groups excluding carboxylic acids is 2. The van der Waals surface area contributed by atoms with Gasteiger partial charge in [-0.1, -0.05) is 37.3 Å². The number of fused-ring (bicyclic) bond motifs is 1. The second kappa shape index (κ2) is 8.87. The minimum atomic E-state index is -0.702. The van der Waals surface area contributed by atoms with E-state index in [0.29, 0.717) is 12.2 Å². The minimum Gasteiger partial charge on any atom is -0.462 e. The third-order valence-corrected chi connectivity index (χ3v) is 5.08. The summed E-state index contributed by atoms with van der Waals surface area (Å²) in [7, 11) is 0. The van der Waals surface area contributed by atoms with Gasteiger partial charge in [-0.15, -0.1) is 0 Å². The highest BCUT2D eigenvalue weighted by atomic mass is 16.5. The summed E-state index contributed by atoms with van der Waals surface area (Å²) in [4.78, 5) is 32.8. The van der Waals surface area contributed by atoms with E-state index in [1.165, 1.54) is 0 Å². The molecule has 0 spiro atoms. The Kier molecular flexibility index (Phi) is 5.84. The summed E-state index contributed by atoms with van der Waals surface area (Å²) in [5.41, 5.74) is 2.47. The molecule has 0 bridgehead atoms. The zero-order chi connectivity index (χ0) is 21.8. The van der Waals surface area contributed by atoms with Gasteiger partial charge in [0.2, 0.25) is 11.7 Å². The summed E-state index contributed by atoms with van der Waals surface area (Å²) in [5, 5.41) is 3.97. The molecule has 1 unspecified atom stereocenters. The van der Waals surface area contributed by atoms with Gasteiger partial charge in [-0.25, -0.2) is 9.78 Å². The second-order valence-corrected chi connectivity index (χ2v) is 7.20. The molecule has 31 heavy (non-hydrogen) atoms. The van der Waals surface area contributed by atoms with Gasteiger partial charge in [-0.3, -0.25) is 4.79 Å². The molecule has 0 radical (unpaired) electrons. The van der Waals surface area contributed by atoms with E-state index in [0.717, 1.165) is 16.5 Å². The first-order chi connectivity index (χ1) is 15.1. The lowest BCUT2D eigenvalue weighted by atomic mass is 10.0. The Bertz CT molecular complexity index is 1180. The van der Waals surface area contributed by atoms with Crippen molar-refractivity contribution < 1.29 is 19.1 Å². The summed E-state index contributed by atoms with van der Waals surface area (Å²) >= 11 is 0. The van der Waals surface area contributed by atoms with E-state index in [1.54, 1.807) is 25.4 Å². The molecule has 0 aliphatic carbocycles. The van der Waals surface area contributed by atoms with E-state index in [1.807, 2.05) is 42.5 Å². The Morgan fingerprint density at radius 1 is 1.26 bits per heavy atom. The van der Waals surface area contributed by atoms with Crippen LogP contribution in [0.5, 0.6) is 0 Å². The normalized spacial score (nSPS) is 15.9. The zero-order valence-corrected chi connectivity index (χ0v) is 17.3. The summed E-state index contributed by atoms with van der Waals surface area (Å²) in [5.74, 6) is -0.889. The molecule has 0 saturated heterocycles. The molecule has 2 N–H and O–H groups in total. The van der Waals surface area contributed by atoms with Crippen LogP contribution in [0.25, 0.3) is 17.1 Å². The first kappa shape index (κ1) is 20.4. The second-order valence-electron chi connectivity index (χ2n) is 7.20. The fourth-order valence-electron chi connectivity index (χ4n) is 3.42. The van der Waals surface area contributed by atoms with E-state index < -0.39 is 11.8 Å². The van der Waals surface area contributed by atoms with Crippen LogP contribution in [0.3, 0.4) is 0 Å². The number of nitrogens with zero attached hydrogens (tertiary/aromatic N) is 1. The highest BCUT2D eigenvalue weighted by molar-refractivity contribution is 6.26. The van der Waals surface area contributed by atoms with E-state index in [-0.39, 0.29) is 29.7 Å². The Hall–Kier alpha value is -3.87. The third-order valence-electron chi connectivity index (χ3n) is 5.08. The summed E-state index contributed by atoms with van der Waals surface area (Å²) in [6.45, 7) is 4.40. The molecule has 7 nitrogen and oxygen atoms in total. The zero-order valence-electron chi connectivity index (χ0n) is 17.3. The average Bonchev–Trinajstić information content (AvgIpc) is 3.34. The molecule has 3 aromatic rings. The predicted octanol–water partition coefficient (Wildman–Crippen LogP) is 3.67. The van der Waals surface area contributed by atoms with Crippen LogP contribution in [0.15, 0.2) is 72.1 Å². The molecule has 1 aliphatic heterocycles. The number of aromatic amines is 1. The Labute approximate surface area is 179 Å².